The van der Waals surface area contributed by atoms with Gasteiger partial charge in [-0.05, 0) is 30.7 Å². The number of amides is 1. The van der Waals surface area contributed by atoms with Crippen molar-refractivity contribution in [1.29, 1.82) is 0 Å². The normalized spacial score (nSPS) is 15.5. The Morgan fingerprint density at radius 1 is 1.23 bits per heavy atom. The monoisotopic (exact) mass is 399 g/mol. The van der Waals surface area contributed by atoms with Crippen LogP contribution >= 0.6 is 0 Å². The van der Waals surface area contributed by atoms with Crippen LogP contribution in [0.25, 0.3) is 10.8 Å². The standard InChI is InChI=1S/C23H21N5O2/c1-3-15(13-19-14(2)12-21(29)27-19)26-23-25-11-10-22(28-23)30-20-9-8-18(24)16-6-4-5-7-17(16)20/h3-11,13H,2,12,24H2,1H3,(H,27,29)(H,25,26,28)/b15-3+,19-13+. The highest BCUT2D eigenvalue weighted by Gasteiger charge is 2.18. The lowest BCUT2D eigenvalue weighted by atomic mass is 10.1. The summed E-state index contributed by atoms with van der Waals surface area (Å²) < 4.78 is 6.01. The summed E-state index contributed by atoms with van der Waals surface area (Å²) in [5.74, 6) is 1.35. The third-order valence-electron chi connectivity index (χ3n) is 4.66. The highest BCUT2D eigenvalue weighted by atomic mass is 16.5. The van der Waals surface area contributed by atoms with Crippen LogP contribution < -0.4 is 21.1 Å². The molecule has 4 N–H and O–H groups in total. The average Bonchev–Trinajstić information content (AvgIpc) is 3.06. The van der Waals surface area contributed by atoms with Gasteiger partial charge in [0.25, 0.3) is 0 Å². The van der Waals surface area contributed by atoms with Crippen molar-refractivity contribution >= 4 is 28.3 Å². The van der Waals surface area contributed by atoms with Crippen LogP contribution in [0.4, 0.5) is 11.6 Å². The number of ether oxygens (including phenoxy) is 1. The van der Waals surface area contributed by atoms with Gasteiger partial charge in [-0.1, -0.05) is 36.9 Å². The van der Waals surface area contributed by atoms with Gasteiger partial charge in [0, 0.05) is 40.1 Å². The van der Waals surface area contributed by atoms with Crippen molar-refractivity contribution in [1.82, 2.24) is 15.3 Å². The van der Waals surface area contributed by atoms with E-state index in [1.54, 1.807) is 18.3 Å². The number of hydrogen-bond acceptors (Lipinski definition) is 6. The van der Waals surface area contributed by atoms with Crippen LogP contribution in [0.5, 0.6) is 11.6 Å². The second-order valence-corrected chi connectivity index (χ2v) is 6.77. The molecular weight excluding hydrogens is 378 g/mol. The lowest BCUT2D eigenvalue weighted by Crippen LogP contribution is -2.13. The number of fused-ring (bicyclic) bond motifs is 1. The van der Waals surface area contributed by atoms with Crippen LogP contribution in [0.3, 0.4) is 0 Å². The average molecular weight is 399 g/mol. The molecule has 30 heavy (non-hydrogen) atoms. The molecule has 1 aromatic heterocycles. The zero-order valence-electron chi connectivity index (χ0n) is 16.5. The van der Waals surface area contributed by atoms with Crippen molar-refractivity contribution in [3.05, 3.63) is 84.4 Å². The molecule has 1 amide bonds. The maximum atomic E-state index is 11.5. The molecule has 1 fully saturated rings. The first-order valence-corrected chi connectivity index (χ1v) is 9.44. The third kappa shape index (κ3) is 4.00. The second kappa shape index (κ2) is 8.08. The van der Waals surface area contributed by atoms with Gasteiger partial charge in [0.15, 0.2) is 0 Å². The summed E-state index contributed by atoms with van der Waals surface area (Å²) >= 11 is 0. The zero-order chi connectivity index (χ0) is 21.1. The number of rotatable bonds is 5. The van der Waals surface area contributed by atoms with Crippen LogP contribution in [0.15, 0.2) is 84.4 Å². The zero-order valence-corrected chi connectivity index (χ0v) is 16.5. The third-order valence-corrected chi connectivity index (χ3v) is 4.66. The predicted molar refractivity (Wildman–Crippen MR) is 118 cm³/mol. The lowest BCUT2D eigenvalue weighted by molar-refractivity contribution is -0.118. The smallest absolute Gasteiger partial charge is 0.230 e. The number of benzene rings is 2. The van der Waals surface area contributed by atoms with Crippen LogP contribution in [0, 0.1) is 0 Å². The molecule has 7 nitrogen and oxygen atoms in total. The Morgan fingerprint density at radius 2 is 2.03 bits per heavy atom. The van der Waals surface area contributed by atoms with Crippen LogP contribution in [0.1, 0.15) is 13.3 Å². The molecule has 0 radical (unpaired) electrons. The van der Waals surface area contributed by atoms with Gasteiger partial charge in [-0.25, -0.2) is 4.98 Å². The van der Waals surface area contributed by atoms with E-state index >= 15 is 0 Å². The fourth-order valence-corrected chi connectivity index (χ4v) is 3.14. The Balaban J connectivity index is 1.56. The summed E-state index contributed by atoms with van der Waals surface area (Å²) in [5.41, 5.74) is 8.90. The molecule has 4 rings (SSSR count). The molecule has 3 aromatic rings. The number of nitrogens with zero attached hydrogens (tertiary/aromatic N) is 2. The molecule has 0 saturated carbocycles. The second-order valence-electron chi connectivity index (χ2n) is 6.77. The molecule has 0 bridgehead atoms. The number of allylic oxidation sites excluding steroid dienone is 3. The van der Waals surface area contributed by atoms with Gasteiger partial charge in [-0.2, -0.15) is 4.98 Å². The first kappa shape index (κ1) is 19.2. The maximum absolute atomic E-state index is 11.5. The number of anilines is 2. The number of carbonyl (C=O) groups excluding carboxylic acids is 1. The molecule has 2 heterocycles. The van der Waals surface area contributed by atoms with E-state index in [9.17, 15) is 4.79 Å². The van der Waals surface area contributed by atoms with Crippen molar-refractivity contribution < 1.29 is 9.53 Å². The molecule has 0 aliphatic carbocycles. The molecule has 0 spiro atoms. The summed E-state index contributed by atoms with van der Waals surface area (Å²) in [6.07, 6.45) is 5.58. The fraction of sp³-hybridized carbons (Fsp3) is 0.0870. The van der Waals surface area contributed by atoms with Gasteiger partial charge in [0.1, 0.15) is 5.75 Å². The summed E-state index contributed by atoms with van der Waals surface area (Å²) in [6.45, 7) is 5.78. The summed E-state index contributed by atoms with van der Waals surface area (Å²) in [5, 5.41) is 7.74. The molecule has 2 aromatic carbocycles. The van der Waals surface area contributed by atoms with E-state index in [-0.39, 0.29) is 5.91 Å². The molecular formula is C23H21N5O2. The van der Waals surface area contributed by atoms with Crippen molar-refractivity contribution in [3.63, 3.8) is 0 Å². The topological polar surface area (TPSA) is 102 Å². The van der Waals surface area contributed by atoms with Crippen LogP contribution in [-0.4, -0.2) is 15.9 Å². The number of nitrogens with one attached hydrogen (secondary N) is 2. The minimum atomic E-state index is -0.0657. The highest BCUT2D eigenvalue weighted by molar-refractivity contribution is 5.97. The molecule has 1 aliphatic rings. The minimum Gasteiger partial charge on any atom is -0.438 e. The molecule has 7 heteroatoms. The predicted octanol–water partition coefficient (Wildman–Crippen LogP) is 4.28. The molecule has 1 saturated heterocycles. The highest BCUT2D eigenvalue weighted by Crippen LogP contribution is 2.32. The SMILES string of the molecule is C=C1CC(=O)N/C1=C/C(=C\C)Nc1nccc(Oc2ccc(N)c3ccccc23)n1. The van der Waals surface area contributed by atoms with E-state index in [4.69, 9.17) is 10.5 Å². The molecule has 150 valence electrons. The largest absolute Gasteiger partial charge is 0.438 e. The van der Waals surface area contributed by atoms with E-state index in [0.717, 1.165) is 22.0 Å². The quantitative estimate of drug-likeness (QED) is 0.554. The van der Waals surface area contributed by atoms with E-state index in [1.165, 1.54) is 0 Å². The number of nitrogens with two attached hydrogens (primary N) is 1. The van der Waals surface area contributed by atoms with Gasteiger partial charge in [0.2, 0.25) is 17.7 Å². The molecule has 0 unspecified atom stereocenters. The maximum Gasteiger partial charge on any atom is 0.230 e. The van der Waals surface area contributed by atoms with Gasteiger partial charge in [0.05, 0.1) is 6.42 Å². The Morgan fingerprint density at radius 3 is 2.77 bits per heavy atom. The lowest BCUT2D eigenvalue weighted by Gasteiger charge is -2.11. The first-order valence-electron chi connectivity index (χ1n) is 9.44. The van der Waals surface area contributed by atoms with Crippen LogP contribution in [0.2, 0.25) is 0 Å². The van der Waals surface area contributed by atoms with Crippen molar-refractivity contribution in [3.8, 4) is 11.6 Å². The fourth-order valence-electron chi connectivity index (χ4n) is 3.14. The van der Waals surface area contributed by atoms with Gasteiger partial charge in [-0.3, -0.25) is 4.79 Å². The van der Waals surface area contributed by atoms with E-state index in [1.807, 2.05) is 49.4 Å². The van der Waals surface area contributed by atoms with E-state index in [0.29, 0.717) is 35.4 Å². The summed E-state index contributed by atoms with van der Waals surface area (Å²) in [4.78, 5) is 20.2. The summed E-state index contributed by atoms with van der Waals surface area (Å²) in [7, 11) is 0. The molecule has 1 aliphatic heterocycles. The van der Waals surface area contributed by atoms with Gasteiger partial charge in [-0.15, -0.1) is 0 Å². The summed E-state index contributed by atoms with van der Waals surface area (Å²) in [6, 6.07) is 13.1. The molecule has 0 atom stereocenters. The Labute approximate surface area is 174 Å². The number of nitrogen functional groups attached to an aromatic ring is 1. The minimum absolute atomic E-state index is 0.0657. The van der Waals surface area contributed by atoms with Gasteiger partial charge >= 0.3 is 0 Å². The van der Waals surface area contributed by atoms with Gasteiger partial charge < -0.3 is 21.1 Å². The van der Waals surface area contributed by atoms with Crippen molar-refractivity contribution in [2.24, 2.45) is 0 Å². The number of aromatic nitrogens is 2. The van der Waals surface area contributed by atoms with E-state index in [2.05, 4.69) is 27.2 Å². The van der Waals surface area contributed by atoms with Crippen molar-refractivity contribution in [2.75, 3.05) is 11.1 Å². The van der Waals surface area contributed by atoms with Crippen LogP contribution in [-0.2, 0) is 4.79 Å². The number of carbonyl (C=O) groups is 1. The Kier molecular flexibility index (Phi) is 5.17. The van der Waals surface area contributed by atoms with E-state index < -0.39 is 0 Å². The number of hydrogen-bond donors (Lipinski definition) is 3. The first-order chi connectivity index (χ1) is 14.5. The Bertz CT molecular complexity index is 1210. The van der Waals surface area contributed by atoms with Crippen molar-refractivity contribution in [2.45, 2.75) is 13.3 Å². The Hall–Kier alpha value is -4.13.